The number of ether oxygens (including phenoxy) is 1. The molecule has 69 valence electrons. The van der Waals surface area contributed by atoms with E-state index in [2.05, 4.69) is 6.92 Å². The van der Waals surface area contributed by atoms with Gasteiger partial charge in [0, 0.05) is 7.11 Å². The molecule has 0 aliphatic rings. The summed E-state index contributed by atoms with van der Waals surface area (Å²) in [5.74, 6) is -0.987. The summed E-state index contributed by atoms with van der Waals surface area (Å²) in [4.78, 5) is 10.7. The number of benzene rings is 1. The molecule has 0 heterocycles. The fourth-order valence-electron chi connectivity index (χ4n) is 1.07. The van der Waals surface area contributed by atoms with E-state index in [0.29, 0.717) is 5.56 Å². The summed E-state index contributed by atoms with van der Waals surface area (Å²) in [5, 5.41) is 8.76. The first-order valence-electron chi connectivity index (χ1n) is 3.82. The number of carbonyl (C=O) groups is 1. The molecule has 0 saturated carbocycles. The van der Waals surface area contributed by atoms with Crippen LogP contribution in [0.15, 0.2) is 24.3 Å². The van der Waals surface area contributed by atoms with Crippen molar-refractivity contribution in [2.24, 2.45) is 0 Å². The lowest BCUT2D eigenvalue weighted by Crippen LogP contribution is -2.13. The molecular weight excluding hydrogens is 168 g/mol. The second kappa shape index (κ2) is 4.05. The van der Waals surface area contributed by atoms with Crippen molar-refractivity contribution < 1.29 is 14.6 Å². The minimum absolute atomic E-state index is 0.627. The van der Waals surface area contributed by atoms with Crippen molar-refractivity contribution >= 4 is 5.97 Å². The number of carboxylic acids is 1. The van der Waals surface area contributed by atoms with E-state index in [9.17, 15) is 4.79 Å². The summed E-state index contributed by atoms with van der Waals surface area (Å²) in [6.07, 6.45) is -0.888. The van der Waals surface area contributed by atoms with Gasteiger partial charge in [0.1, 0.15) is 0 Å². The smallest absolute Gasteiger partial charge is 0.337 e. The average Bonchev–Trinajstić information content (AvgIpc) is 2.09. The molecule has 0 aliphatic carbocycles. The van der Waals surface area contributed by atoms with Crippen molar-refractivity contribution in [3.05, 3.63) is 42.3 Å². The van der Waals surface area contributed by atoms with Crippen molar-refractivity contribution in [3.63, 3.8) is 0 Å². The Kier molecular flexibility index (Phi) is 3.03. The minimum Gasteiger partial charge on any atom is -0.479 e. The van der Waals surface area contributed by atoms with E-state index >= 15 is 0 Å². The fraction of sp³-hybridized carbons (Fsp3) is 0.200. The molecule has 1 aromatic carbocycles. The van der Waals surface area contributed by atoms with Crippen LogP contribution >= 0.6 is 0 Å². The molecule has 0 saturated heterocycles. The molecule has 1 aromatic rings. The van der Waals surface area contributed by atoms with Gasteiger partial charge in [-0.3, -0.25) is 0 Å². The average molecular weight is 179 g/mol. The first-order valence-corrected chi connectivity index (χ1v) is 3.82. The Morgan fingerprint density at radius 3 is 2.38 bits per heavy atom. The molecule has 0 bridgehead atoms. The van der Waals surface area contributed by atoms with E-state index in [-0.39, 0.29) is 0 Å². The van der Waals surface area contributed by atoms with E-state index in [4.69, 9.17) is 9.84 Å². The van der Waals surface area contributed by atoms with Crippen LogP contribution < -0.4 is 0 Å². The highest BCUT2D eigenvalue weighted by Crippen LogP contribution is 2.16. The van der Waals surface area contributed by atoms with Gasteiger partial charge in [-0.15, -0.1) is 0 Å². The SMILES string of the molecule is [CH2]c1ccc(C(OC)C(=O)O)cc1. The van der Waals surface area contributed by atoms with Crippen LogP contribution in [0, 0.1) is 6.92 Å². The van der Waals surface area contributed by atoms with Crippen molar-refractivity contribution in [1.82, 2.24) is 0 Å². The first-order chi connectivity index (χ1) is 6.15. The molecule has 3 heteroatoms. The van der Waals surface area contributed by atoms with Crippen LogP contribution in [0.4, 0.5) is 0 Å². The highest BCUT2D eigenvalue weighted by molar-refractivity contribution is 5.74. The van der Waals surface area contributed by atoms with Gasteiger partial charge in [-0.05, 0) is 18.1 Å². The van der Waals surface area contributed by atoms with Gasteiger partial charge in [-0.25, -0.2) is 4.79 Å². The minimum atomic E-state index is -0.987. The van der Waals surface area contributed by atoms with Gasteiger partial charge in [-0.1, -0.05) is 24.3 Å². The molecule has 0 amide bonds. The number of carboxylic acid groups (broad SMARTS) is 1. The molecule has 1 N–H and O–H groups in total. The summed E-state index contributed by atoms with van der Waals surface area (Å²) < 4.78 is 4.82. The molecule has 13 heavy (non-hydrogen) atoms. The van der Waals surface area contributed by atoms with Crippen LogP contribution in [0.1, 0.15) is 17.2 Å². The number of hydrogen-bond donors (Lipinski definition) is 1. The standard InChI is InChI=1S/C10H11O3/c1-7-3-5-8(6-4-7)9(13-2)10(11)12/h3-6,9H,1H2,2H3,(H,11,12). The van der Waals surface area contributed by atoms with E-state index in [1.54, 1.807) is 24.3 Å². The summed E-state index contributed by atoms with van der Waals surface area (Å²) >= 11 is 0. The van der Waals surface area contributed by atoms with E-state index < -0.39 is 12.1 Å². The number of methoxy groups -OCH3 is 1. The summed E-state index contributed by atoms with van der Waals surface area (Å²) in [5.41, 5.74) is 1.48. The van der Waals surface area contributed by atoms with Gasteiger partial charge in [0.25, 0.3) is 0 Å². The fourth-order valence-corrected chi connectivity index (χ4v) is 1.07. The third-order valence-corrected chi connectivity index (χ3v) is 1.74. The van der Waals surface area contributed by atoms with Gasteiger partial charge < -0.3 is 9.84 Å². The van der Waals surface area contributed by atoms with Crippen LogP contribution in [0.5, 0.6) is 0 Å². The summed E-state index contributed by atoms with van der Waals surface area (Å²) in [7, 11) is 1.37. The van der Waals surface area contributed by atoms with Crippen molar-refractivity contribution in [3.8, 4) is 0 Å². The largest absolute Gasteiger partial charge is 0.479 e. The first kappa shape index (κ1) is 9.74. The third-order valence-electron chi connectivity index (χ3n) is 1.74. The molecule has 3 nitrogen and oxygen atoms in total. The van der Waals surface area contributed by atoms with Crippen LogP contribution in [0.2, 0.25) is 0 Å². The van der Waals surface area contributed by atoms with Crippen molar-refractivity contribution in [1.29, 1.82) is 0 Å². The van der Waals surface area contributed by atoms with Crippen LogP contribution in [0.3, 0.4) is 0 Å². The monoisotopic (exact) mass is 179 g/mol. The molecule has 1 atom stereocenters. The van der Waals surface area contributed by atoms with Gasteiger partial charge in [-0.2, -0.15) is 0 Å². The van der Waals surface area contributed by atoms with E-state index in [0.717, 1.165) is 5.56 Å². The second-order valence-electron chi connectivity index (χ2n) is 2.70. The third kappa shape index (κ3) is 2.29. The lowest BCUT2D eigenvalue weighted by Gasteiger charge is -2.10. The predicted octanol–water partition coefficient (Wildman–Crippen LogP) is 1.64. The van der Waals surface area contributed by atoms with Crippen molar-refractivity contribution in [2.75, 3.05) is 7.11 Å². The zero-order valence-corrected chi connectivity index (χ0v) is 7.36. The van der Waals surface area contributed by atoms with Gasteiger partial charge in [0.2, 0.25) is 0 Å². The normalized spacial score (nSPS) is 12.5. The Balaban J connectivity index is 2.92. The summed E-state index contributed by atoms with van der Waals surface area (Å²) in [6.45, 7) is 3.70. The van der Waals surface area contributed by atoms with E-state index in [1.165, 1.54) is 7.11 Å². The molecule has 0 aromatic heterocycles. The van der Waals surface area contributed by atoms with Crippen LogP contribution in [-0.4, -0.2) is 18.2 Å². The number of hydrogen-bond acceptors (Lipinski definition) is 2. The molecular formula is C10H11O3. The van der Waals surface area contributed by atoms with E-state index in [1.807, 2.05) is 0 Å². The lowest BCUT2D eigenvalue weighted by molar-refractivity contribution is -0.148. The maximum Gasteiger partial charge on any atom is 0.337 e. The molecule has 1 rings (SSSR count). The molecule has 0 aliphatic heterocycles. The lowest BCUT2D eigenvalue weighted by atomic mass is 10.1. The van der Waals surface area contributed by atoms with Crippen LogP contribution in [-0.2, 0) is 9.53 Å². The number of rotatable bonds is 3. The maximum atomic E-state index is 10.7. The molecule has 1 unspecified atom stereocenters. The van der Waals surface area contributed by atoms with Gasteiger partial charge in [0.05, 0.1) is 0 Å². The van der Waals surface area contributed by atoms with Crippen LogP contribution in [0.25, 0.3) is 0 Å². The summed E-state index contributed by atoms with van der Waals surface area (Å²) in [6, 6.07) is 6.91. The highest BCUT2D eigenvalue weighted by atomic mass is 16.5. The number of aliphatic carboxylic acids is 1. The molecule has 0 fully saturated rings. The Morgan fingerprint density at radius 1 is 1.46 bits per heavy atom. The Morgan fingerprint density at radius 2 is 2.00 bits per heavy atom. The highest BCUT2D eigenvalue weighted by Gasteiger charge is 2.17. The Hall–Kier alpha value is -1.35. The van der Waals surface area contributed by atoms with Crippen molar-refractivity contribution in [2.45, 2.75) is 6.10 Å². The Labute approximate surface area is 77.0 Å². The second-order valence-corrected chi connectivity index (χ2v) is 2.70. The molecule has 1 radical (unpaired) electrons. The predicted molar refractivity (Wildman–Crippen MR) is 48.3 cm³/mol. The van der Waals surface area contributed by atoms with Gasteiger partial charge >= 0.3 is 5.97 Å². The molecule has 0 spiro atoms. The van der Waals surface area contributed by atoms with Gasteiger partial charge in [0.15, 0.2) is 6.10 Å². The zero-order chi connectivity index (χ0) is 9.84. The quantitative estimate of drug-likeness (QED) is 0.767. The zero-order valence-electron chi connectivity index (χ0n) is 7.36. The maximum absolute atomic E-state index is 10.7. The topological polar surface area (TPSA) is 46.5 Å². The Bertz CT molecular complexity index is 290.